The summed E-state index contributed by atoms with van der Waals surface area (Å²) >= 11 is 3.34. The maximum Gasteiger partial charge on any atom is 0.162 e. The minimum absolute atomic E-state index is 0.130. The summed E-state index contributed by atoms with van der Waals surface area (Å²) in [6.45, 7) is 1.97. The van der Waals surface area contributed by atoms with Crippen LogP contribution in [0.3, 0.4) is 0 Å². The molecule has 0 radical (unpaired) electrons. The molecule has 0 amide bonds. The monoisotopic (exact) mass is 259 g/mol. The second-order valence-corrected chi connectivity index (χ2v) is 3.98. The smallest absolute Gasteiger partial charge is 0.162 e. The van der Waals surface area contributed by atoms with Crippen molar-refractivity contribution in [2.45, 2.75) is 19.4 Å². The molecule has 4 heteroatoms. The van der Waals surface area contributed by atoms with Gasteiger partial charge in [0.1, 0.15) is 0 Å². The van der Waals surface area contributed by atoms with Gasteiger partial charge in [-0.15, -0.1) is 0 Å². The third-order valence-corrected chi connectivity index (χ3v) is 2.59. The van der Waals surface area contributed by atoms with E-state index in [1.165, 1.54) is 7.11 Å². The maximum atomic E-state index is 9.79. The lowest BCUT2D eigenvalue weighted by molar-refractivity contribution is 0.368. The summed E-state index contributed by atoms with van der Waals surface area (Å²) in [5, 5.41) is 9.79. The Balaban J connectivity index is 3.21. The van der Waals surface area contributed by atoms with Crippen molar-refractivity contribution in [3.63, 3.8) is 0 Å². The van der Waals surface area contributed by atoms with Crippen LogP contribution in [0.4, 0.5) is 0 Å². The Morgan fingerprint density at radius 1 is 1.57 bits per heavy atom. The normalized spacial score (nSPS) is 12.6. The molecule has 1 aromatic rings. The van der Waals surface area contributed by atoms with Crippen LogP contribution in [0.15, 0.2) is 16.6 Å². The average Bonchev–Trinajstić information content (AvgIpc) is 2.19. The molecular weight excluding hydrogens is 246 g/mol. The van der Waals surface area contributed by atoms with Crippen molar-refractivity contribution in [3.8, 4) is 11.5 Å². The molecule has 0 aliphatic carbocycles. The summed E-state index contributed by atoms with van der Waals surface area (Å²) in [4.78, 5) is 0. The van der Waals surface area contributed by atoms with E-state index in [1.54, 1.807) is 6.07 Å². The number of aromatic hydroxyl groups is 1. The minimum atomic E-state index is -0.165. The molecule has 0 aliphatic rings. The van der Waals surface area contributed by atoms with Gasteiger partial charge in [-0.1, -0.05) is 22.9 Å². The molecule has 0 aromatic heterocycles. The molecule has 3 nitrogen and oxygen atoms in total. The van der Waals surface area contributed by atoms with Crippen molar-refractivity contribution in [1.29, 1.82) is 0 Å². The zero-order chi connectivity index (χ0) is 10.7. The van der Waals surface area contributed by atoms with Gasteiger partial charge in [0.2, 0.25) is 0 Å². The van der Waals surface area contributed by atoms with Gasteiger partial charge in [0, 0.05) is 16.1 Å². The topological polar surface area (TPSA) is 55.5 Å². The molecule has 0 bridgehead atoms. The number of ether oxygens (including phenoxy) is 1. The van der Waals surface area contributed by atoms with Gasteiger partial charge in [0.05, 0.1) is 7.11 Å². The van der Waals surface area contributed by atoms with Gasteiger partial charge in [-0.25, -0.2) is 0 Å². The quantitative estimate of drug-likeness (QED) is 0.878. The zero-order valence-electron chi connectivity index (χ0n) is 8.25. The molecule has 1 aromatic carbocycles. The molecule has 0 fully saturated rings. The molecule has 1 rings (SSSR count). The molecule has 78 valence electrons. The summed E-state index contributed by atoms with van der Waals surface area (Å²) < 4.78 is 5.88. The molecule has 0 spiro atoms. The van der Waals surface area contributed by atoms with Gasteiger partial charge in [-0.3, -0.25) is 0 Å². The summed E-state index contributed by atoms with van der Waals surface area (Å²) in [5.41, 5.74) is 6.56. The molecule has 0 saturated carbocycles. The Morgan fingerprint density at radius 3 is 2.71 bits per heavy atom. The Labute approximate surface area is 92.0 Å². The third kappa shape index (κ3) is 2.19. The summed E-state index contributed by atoms with van der Waals surface area (Å²) in [5.74, 6) is 0.573. The van der Waals surface area contributed by atoms with E-state index in [0.29, 0.717) is 11.3 Å². The van der Waals surface area contributed by atoms with Crippen LogP contribution in [0.2, 0.25) is 0 Å². The Hall–Kier alpha value is -0.740. The Morgan fingerprint density at radius 2 is 2.21 bits per heavy atom. The highest BCUT2D eigenvalue weighted by Crippen LogP contribution is 2.36. The Kier molecular flexibility index (Phi) is 3.77. The molecule has 0 unspecified atom stereocenters. The number of phenols is 1. The van der Waals surface area contributed by atoms with Crippen LogP contribution in [-0.4, -0.2) is 12.2 Å². The molecule has 0 saturated heterocycles. The van der Waals surface area contributed by atoms with Crippen molar-refractivity contribution in [3.05, 3.63) is 22.2 Å². The summed E-state index contributed by atoms with van der Waals surface area (Å²) in [6, 6.07) is 3.36. The molecule has 0 aliphatic heterocycles. The lowest BCUT2D eigenvalue weighted by Crippen LogP contribution is -2.09. The van der Waals surface area contributed by atoms with Gasteiger partial charge in [-0.2, -0.15) is 0 Å². The van der Waals surface area contributed by atoms with E-state index in [0.717, 1.165) is 10.9 Å². The largest absolute Gasteiger partial charge is 0.504 e. The van der Waals surface area contributed by atoms with E-state index < -0.39 is 0 Å². The first-order valence-electron chi connectivity index (χ1n) is 4.42. The van der Waals surface area contributed by atoms with Gasteiger partial charge in [0.15, 0.2) is 11.5 Å². The van der Waals surface area contributed by atoms with Gasteiger partial charge in [-0.05, 0) is 18.6 Å². The van der Waals surface area contributed by atoms with Crippen molar-refractivity contribution < 1.29 is 9.84 Å². The first-order chi connectivity index (χ1) is 6.60. The van der Waals surface area contributed by atoms with Crippen LogP contribution >= 0.6 is 15.9 Å². The van der Waals surface area contributed by atoms with Gasteiger partial charge >= 0.3 is 0 Å². The first-order valence-corrected chi connectivity index (χ1v) is 5.21. The van der Waals surface area contributed by atoms with Crippen molar-refractivity contribution in [2.24, 2.45) is 5.73 Å². The van der Waals surface area contributed by atoms with Crippen LogP contribution in [0.25, 0.3) is 0 Å². The van der Waals surface area contributed by atoms with E-state index in [9.17, 15) is 5.11 Å². The van der Waals surface area contributed by atoms with E-state index in [1.807, 2.05) is 13.0 Å². The summed E-state index contributed by atoms with van der Waals surface area (Å²) in [7, 11) is 1.52. The second kappa shape index (κ2) is 4.66. The van der Waals surface area contributed by atoms with Crippen LogP contribution < -0.4 is 10.5 Å². The highest BCUT2D eigenvalue weighted by atomic mass is 79.9. The average molecular weight is 260 g/mol. The lowest BCUT2D eigenvalue weighted by Gasteiger charge is -2.14. The summed E-state index contributed by atoms with van der Waals surface area (Å²) in [6.07, 6.45) is 0.771. The van der Waals surface area contributed by atoms with Crippen molar-refractivity contribution in [2.75, 3.05) is 7.11 Å². The van der Waals surface area contributed by atoms with Crippen LogP contribution in [0.1, 0.15) is 24.9 Å². The van der Waals surface area contributed by atoms with E-state index in [4.69, 9.17) is 10.5 Å². The number of nitrogens with two attached hydrogens (primary N) is 1. The molecule has 3 N–H and O–H groups in total. The number of halogens is 1. The number of hydrogen-bond acceptors (Lipinski definition) is 3. The van der Waals surface area contributed by atoms with Crippen LogP contribution in [-0.2, 0) is 0 Å². The molecule has 1 atom stereocenters. The SMILES string of the molecule is CC[C@H](N)c1cc(Br)cc(OC)c1O. The number of benzene rings is 1. The van der Waals surface area contributed by atoms with Gasteiger partial charge in [0.25, 0.3) is 0 Å². The number of rotatable bonds is 3. The molecular formula is C10H14BrNO2. The number of hydrogen-bond donors (Lipinski definition) is 2. The third-order valence-electron chi connectivity index (χ3n) is 2.13. The predicted molar refractivity (Wildman–Crippen MR) is 59.6 cm³/mol. The van der Waals surface area contributed by atoms with Crippen LogP contribution in [0.5, 0.6) is 11.5 Å². The fourth-order valence-corrected chi connectivity index (χ4v) is 1.71. The fraction of sp³-hybridized carbons (Fsp3) is 0.400. The molecule has 14 heavy (non-hydrogen) atoms. The maximum absolute atomic E-state index is 9.79. The zero-order valence-corrected chi connectivity index (χ0v) is 9.84. The number of phenolic OH excluding ortho intramolecular Hbond substituents is 1. The van der Waals surface area contributed by atoms with E-state index in [2.05, 4.69) is 15.9 Å². The highest BCUT2D eigenvalue weighted by molar-refractivity contribution is 9.10. The predicted octanol–water partition coefficient (Wildman–Crippen LogP) is 2.57. The van der Waals surface area contributed by atoms with Crippen molar-refractivity contribution >= 4 is 15.9 Å². The highest BCUT2D eigenvalue weighted by Gasteiger charge is 2.14. The Bertz CT molecular complexity index is 328. The minimum Gasteiger partial charge on any atom is -0.504 e. The fourth-order valence-electron chi connectivity index (χ4n) is 1.25. The van der Waals surface area contributed by atoms with E-state index >= 15 is 0 Å². The van der Waals surface area contributed by atoms with Gasteiger partial charge < -0.3 is 15.6 Å². The lowest BCUT2D eigenvalue weighted by atomic mass is 10.0. The second-order valence-electron chi connectivity index (χ2n) is 3.06. The number of methoxy groups -OCH3 is 1. The van der Waals surface area contributed by atoms with Crippen molar-refractivity contribution in [1.82, 2.24) is 0 Å². The van der Waals surface area contributed by atoms with Crippen LogP contribution in [0, 0.1) is 0 Å². The first kappa shape index (κ1) is 11.3. The molecule has 0 heterocycles. The van der Waals surface area contributed by atoms with E-state index in [-0.39, 0.29) is 11.8 Å². The standard InChI is InChI=1S/C10H14BrNO2/c1-3-8(12)7-4-6(11)5-9(14-2)10(7)13/h4-5,8,13H,3,12H2,1-2H3/t8-/m0/s1.